The van der Waals surface area contributed by atoms with Gasteiger partial charge in [0.2, 0.25) is 5.95 Å². The third kappa shape index (κ3) is 5.51. The summed E-state index contributed by atoms with van der Waals surface area (Å²) < 4.78 is 19.9. The van der Waals surface area contributed by atoms with Crippen LogP contribution in [0.3, 0.4) is 0 Å². The quantitative estimate of drug-likeness (QED) is 0.171. The fourth-order valence-electron chi connectivity index (χ4n) is 8.40. The Morgan fingerprint density at radius 3 is 1.60 bits per heavy atom. The van der Waals surface area contributed by atoms with Crippen LogP contribution in [0, 0.1) is 5.82 Å². The summed E-state index contributed by atoms with van der Waals surface area (Å²) in [6.07, 6.45) is 1.81. The van der Waals surface area contributed by atoms with Crippen LogP contribution in [0.2, 0.25) is 0 Å². The molecule has 5 heteroatoms. The van der Waals surface area contributed by atoms with E-state index in [0.29, 0.717) is 11.5 Å². The molecular formula is C52H33FN4. The minimum absolute atomic E-state index is 0.251. The number of fused-ring (bicyclic) bond motifs is 6. The Bertz CT molecular complexity index is 3310. The van der Waals surface area contributed by atoms with Gasteiger partial charge in [0.1, 0.15) is 5.82 Å². The molecule has 0 unspecified atom stereocenters. The highest BCUT2D eigenvalue weighted by atomic mass is 19.1. The molecule has 268 valence electrons. The molecule has 0 amide bonds. The average molecular weight is 733 g/mol. The Hall–Kier alpha value is -7.63. The average Bonchev–Trinajstić information content (AvgIpc) is 3.79. The first kappa shape index (κ1) is 32.8. The number of halogens is 1. The predicted octanol–water partition coefficient (Wildman–Crippen LogP) is 13.5. The standard InChI is InChI=1S/C52H33FN4/c53-46-33-38(22-25-41(46)34-12-3-1-4-13-34)35-14-11-15-39(30-35)47-28-29-54-52(55-47)57-49-21-10-8-19-43(49)45-32-37(24-27-51(45)57)36-23-26-50-44(31-36)42-18-7-9-20-48(42)56(50)40-16-5-2-6-17-40/h1-33H. The molecule has 4 nitrogen and oxygen atoms in total. The molecule has 0 aliphatic carbocycles. The first-order chi connectivity index (χ1) is 28.2. The van der Waals surface area contributed by atoms with Gasteiger partial charge in [-0.05, 0) is 94.5 Å². The van der Waals surface area contributed by atoms with Crippen LogP contribution in [-0.2, 0) is 0 Å². The van der Waals surface area contributed by atoms with Gasteiger partial charge >= 0.3 is 0 Å². The lowest BCUT2D eigenvalue weighted by Gasteiger charge is -2.10. The van der Waals surface area contributed by atoms with Crippen molar-refractivity contribution in [2.45, 2.75) is 0 Å². The predicted molar refractivity (Wildman–Crippen MR) is 232 cm³/mol. The highest BCUT2D eigenvalue weighted by Gasteiger charge is 2.18. The van der Waals surface area contributed by atoms with Gasteiger partial charge in [-0.1, -0.05) is 127 Å². The van der Waals surface area contributed by atoms with E-state index in [0.717, 1.165) is 66.6 Å². The minimum atomic E-state index is -0.251. The summed E-state index contributed by atoms with van der Waals surface area (Å²) >= 11 is 0. The number of hydrogen-bond acceptors (Lipinski definition) is 2. The lowest BCUT2D eigenvalue weighted by atomic mass is 9.98. The van der Waals surface area contributed by atoms with Crippen LogP contribution in [0.15, 0.2) is 200 Å². The van der Waals surface area contributed by atoms with E-state index >= 15 is 4.39 Å². The zero-order valence-electron chi connectivity index (χ0n) is 30.7. The van der Waals surface area contributed by atoms with Crippen LogP contribution >= 0.6 is 0 Å². The summed E-state index contributed by atoms with van der Waals surface area (Å²) in [5.74, 6) is 0.337. The number of rotatable bonds is 6. The number of benzene rings is 8. The molecule has 57 heavy (non-hydrogen) atoms. The molecule has 11 aromatic rings. The van der Waals surface area contributed by atoms with Crippen LogP contribution in [0.4, 0.5) is 4.39 Å². The SMILES string of the molecule is Fc1cc(-c2cccc(-c3ccnc(-n4c5ccccc5c5cc(-c6ccc7c(c6)c6ccccc6n7-c6ccccc6)ccc54)n3)c2)ccc1-c1ccccc1. The van der Waals surface area contributed by atoms with Crippen molar-refractivity contribution in [2.24, 2.45) is 0 Å². The van der Waals surface area contributed by atoms with Gasteiger partial charge in [-0.15, -0.1) is 0 Å². The minimum Gasteiger partial charge on any atom is -0.309 e. The molecule has 0 fully saturated rings. The van der Waals surface area contributed by atoms with E-state index in [1.54, 1.807) is 6.07 Å². The van der Waals surface area contributed by atoms with Crippen molar-refractivity contribution in [3.05, 3.63) is 206 Å². The Labute approximate surface area is 328 Å². The number of aromatic nitrogens is 4. The first-order valence-corrected chi connectivity index (χ1v) is 19.1. The summed E-state index contributed by atoms with van der Waals surface area (Å²) in [7, 11) is 0. The van der Waals surface area contributed by atoms with Crippen molar-refractivity contribution < 1.29 is 4.39 Å². The summed E-state index contributed by atoms with van der Waals surface area (Å²) in [6, 6.07) is 66.2. The maximum absolute atomic E-state index is 15.4. The molecule has 3 heterocycles. The van der Waals surface area contributed by atoms with Gasteiger partial charge in [0.25, 0.3) is 0 Å². The topological polar surface area (TPSA) is 35.6 Å². The van der Waals surface area contributed by atoms with E-state index in [4.69, 9.17) is 9.97 Å². The number of para-hydroxylation sites is 3. The van der Waals surface area contributed by atoms with Crippen molar-refractivity contribution in [1.82, 2.24) is 19.1 Å². The third-order valence-electron chi connectivity index (χ3n) is 11.1. The lowest BCUT2D eigenvalue weighted by Crippen LogP contribution is -2.01. The fraction of sp³-hybridized carbons (Fsp3) is 0. The van der Waals surface area contributed by atoms with E-state index in [1.165, 1.54) is 21.8 Å². The second-order valence-corrected chi connectivity index (χ2v) is 14.4. The smallest absolute Gasteiger partial charge is 0.235 e. The normalized spacial score (nSPS) is 11.6. The van der Waals surface area contributed by atoms with Crippen molar-refractivity contribution in [1.29, 1.82) is 0 Å². The Balaban J connectivity index is 0.986. The van der Waals surface area contributed by atoms with Crippen LogP contribution in [0.5, 0.6) is 0 Å². The molecule has 0 saturated carbocycles. The summed E-state index contributed by atoms with van der Waals surface area (Å²) in [5.41, 5.74) is 12.8. The van der Waals surface area contributed by atoms with Crippen molar-refractivity contribution in [2.75, 3.05) is 0 Å². The Kier molecular flexibility index (Phi) is 7.64. The van der Waals surface area contributed by atoms with Gasteiger partial charge in [0, 0.05) is 44.6 Å². The van der Waals surface area contributed by atoms with E-state index in [2.05, 4.69) is 130 Å². The summed E-state index contributed by atoms with van der Waals surface area (Å²) in [5, 5.41) is 4.71. The van der Waals surface area contributed by atoms with E-state index < -0.39 is 0 Å². The molecule has 0 radical (unpaired) electrons. The summed E-state index contributed by atoms with van der Waals surface area (Å²) in [6.45, 7) is 0. The highest BCUT2D eigenvalue weighted by molar-refractivity contribution is 6.12. The number of hydrogen-bond donors (Lipinski definition) is 0. The van der Waals surface area contributed by atoms with Gasteiger partial charge in [-0.3, -0.25) is 4.57 Å². The summed E-state index contributed by atoms with van der Waals surface area (Å²) in [4.78, 5) is 9.95. The third-order valence-corrected chi connectivity index (χ3v) is 11.1. The highest BCUT2D eigenvalue weighted by Crippen LogP contribution is 2.38. The molecular weight excluding hydrogens is 700 g/mol. The molecule has 8 aromatic carbocycles. The zero-order valence-corrected chi connectivity index (χ0v) is 30.7. The van der Waals surface area contributed by atoms with Gasteiger partial charge in [0.05, 0.1) is 27.8 Å². The van der Waals surface area contributed by atoms with Gasteiger partial charge in [0.15, 0.2) is 0 Å². The van der Waals surface area contributed by atoms with Crippen molar-refractivity contribution in [3.8, 4) is 56.3 Å². The molecule has 0 aliphatic heterocycles. The molecule has 0 N–H and O–H groups in total. The molecule has 0 saturated heterocycles. The maximum Gasteiger partial charge on any atom is 0.235 e. The van der Waals surface area contributed by atoms with Crippen molar-refractivity contribution in [3.63, 3.8) is 0 Å². The lowest BCUT2D eigenvalue weighted by molar-refractivity contribution is 0.632. The molecule has 0 aliphatic rings. The van der Waals surface area contributed by atoms with Gasteiger partial charge in [-0.2, -0.15) is 0 Å². The second-order valence-electron chi connectivity index (χ2n) is 14.4. The van der Waals surface area contributed by atoms with Crippen LogP contribution in [0.1, 0.15) is 0 Å². The fourth-order valence-corrected chi connectivity index (χ4v) is 8.40. The monoisotopic (exact) mass is 732 g/mol. The maximum atomic E-state index is 15.4. The Morgan fingerprint density at radius 1 is 0.368 bits per heavy atom. The Morgan fingerprint density at radius 2 is 0.895 bits per heavy atom. The largest absolute Gasteiger partial charge is 0.309 e. The second kappa shape index (κ2) is 13.3. The molecule has 0 bridgehead atoms. The van der Waals surface area contributed by atoms with Crippen LogP contribution < -0.4 is 0 Å². The zero-order chi connectivity index (χ0) is 37.9. The molecule has 0 atom stereocenters. The molecule has 11 rings (SSSR count). The van der Waals surface area contributed by atoms with Gasteiger partial charge < -0.3 is 4.57 Å². The molecule has 3 aromatic heterocycles. The van der Waals surface area contributed by atoms with E-state index in [1.807, 2.05) is 72.9 Å². The van der Waals surface area contributed by atoms with Crippen LogP contribution in [-0.4, -0.2) is 19.1 Å². The van der Waals surface area contributed by atoms with Crippen LogP contribution in [0.25, 0.3) is 99.9 Å². The van der Waals surface area contributed by atoms with E-state index in [-0.39, 0.29) is 5.82 Å². The number of nitrogens with zero attached hydrogens (tertiary/aromatic N) is 4. The van der Waals surface area contributed by atoms with Gasteiger partial charge in [-0.25, -0.2) is 14.4 Å². The van der Waals surface area contributed by atoms with Crippen molar-refractivity contribution >= 4 is 43.6 Å². The first-order valence-electron chi connectivity index (χ1n) is 19.1. The molecule has 0 spiro atoms. The van der Waals surface area contributed by atoms with E-state index in [9.17, 15) is 0 Å².